The quantitative estimate of drug-likeness (QED) is 0.121. The molecule has 260 valence electrons. The van der Waals surface area contributed by atoms with Crippen LogP contribution < -0.4 is 10.2 Å². The number of aromatic hydroxyl groups is 1. The number of benzene rings is 5. The van der Waals surface area contributed by atoms with Crippen molar-refractivity contribution in [2.24, 2.45) is 0 Å². The first-order valence-electron chi connectivity index (χ1n) is 16.2. The molecule has 1 unspecified atom stereocenters. The topological polar surface area (TPSA) is 102 Å². The van der Waals surface area contributed by atoms with Gasteiger partial charge in [-0.1, -0.05) is 87.5 Å². The lowest BCUT2D eigenvalue weighted by Gasteiger charge is -2.23. The van der Waals surface area contributed by atoms with Crippen LogP contribution in [-0.2, 0) is 18.3 Å². The number of phenols is 1. The average Bonchev–Trinajstić information content (AvgIpc) is 3.56. The van der Waals surface area contributed by atoms with Gasteiger partial charge in [0.05, 0.1) is 5.30 Å². The second kappa shape index (κ2) is 17.5. The highest BCUT2D eigenvalue weighted by molar-refractivity contribution is 7.62. The predicted octanol–water partition coefficient (Wildman–Crippen LogP) is 9.98. The molecule has 1 heterocycles. The third kappa shape index (κ3) is 8.74. The second-order valence-corrected chi connectivity index (χ2v) is 13.1. The molecule has 1 fully saturated rings. The first kappa shape index (κ1) is 37.7. The summed E-state index contributed by atoms with van der Waals surface area (Å²) in [5, 5.41) is 11.4. The number of ether oxygens (including phenoxy) is 1. The van der Waals surface area contributed by atoms with E-state index in [1.54, 1.807) is 48.2 Å². The summed E-state index contributed by atoms with van der Waals surface area (Å²) in [5.74, 6) is -0.210. The SMILES string of the molecule is CC.CCC(=O)c1ccc(F)cc1.COP(=O)(OC)c1ccc(-c2ccc(C3COC(=O)N3c3ccc(-c4ccccc4)cc3)c(O)c2)cc1. The van der Waals surface area contributed by atoms with Crippen molar-refractivity contribution in [2.45, 2.75) is 33.2 Å². The van der Waals surface area contributed by atoms with Gasteiger partial charge in [0.1, 0.15) is 24.2 Å². The first-order valence-corrected chi connectivity index (χ1v) is 17.8. The van der Waals surface area contributed by atoms with Crippen molar-refractivity contribution in [3.63, 3.8) is 0 Å². The molecule has 1 aliphatic heterocycles. The zero-order valence-electron chi connectivity index (χ0n) is 28.7. The van der Waals surface area contributed by atoms with Gasteiger partial charge in [0, 0.05) is 37.5 Å². The molecule has 1 saturated heterocycles. The van der Waals surface area contributed by atoms with E-state index in [0.717, 1.165) is 22.3 Å². The van der Waals surface area contributed by atoms with Gasteiger partial charge in [-0.05, 0) is 76.9 Å². The molecule has 1 N–H and O–H groups in total. The van der Waals surface area contributed by atoms with Gasteiger partial charge in [0.2, 0.25) is 0 Å². The van der Waals surface area contributed by atoms with Crippen molar-refractivity contribution in [1.29, 1.82) is 0 Å². The molecular weight excluding hydrogens is 656 g/mol. The monoisotopic (exact) mass is 697 g/mol. The minimum atomic E-state index is -3.34. The van der Waals surface area contributed by atoms with Crippen molar-refractivity contribution in [3.05, 3.63) is 138 Å². The van der Waals surface area contributed by atoms with Crippen LogP contribution in [0.5, 0.6) is 5.75 Å². The minimum Gasteiger partial charge on any atom is -0.508 e. The summed E-state index contributed by atoms with van der Waals surface area (Å²) in [7, 11) is -0.659. The van der Waals surface area contributed by atoms with E-state index >= 15 is 0 Å². The molecule has 0 radical (unpaired) electrons. The fourth-order valence-electron chi connectivity index (χ4n) is 5.35. The lowest BCUT2D eigenvalue weighted by atomic mass is 9.99. The van der Waals surface area contributed by atoms with Crippen LogP contribution in [0.25, 0.3) is 22.3 Å². The number of carbonyl (C=O) groups is 2. The Balaban J connectivity index is 0.000000366. The standard InChI is InChI=1S/C29H26NO6P.C9H9FO.C2H6/c1-34-37(33,35-2)25-15-10-22(11-16-25)23-12-17-26(28(31)18-23)27-19-36-29(32)30(27)24-13-8-21(9-14-24)20-6-4-3-5-7-20;1-2-9(11)7-3-5-8(10)6-4-7;1-2/h3-18,27,31H,19H2,1-2H3;3-6H,2H2,1H3;1-2H3. The van der Waals surface area contributed by atoms with Gasteiger partial charge < -0.3 is 18.9 Å². The molecule has 0 bridgehead atoms. The van der Waals surface area contributed by atoms with E-state index in [9.17, 15) is 23.7 Å². The van der Waals surface area contributed by atoms with Gasteiger partial charge in [0.15, 0.2) is 5.78 Å². The lowest BCUT2D eigenvalue weighted by molar-refractivity contribution is 0.0988. The highest BCUT2D eigenvalue weighted by Gasteiger charge is 2.37. The van der Waals surface area contributed by atoms with E-state index in [-0.39, 0.29) is 24.0 Å². The smallest absolute Gasteiger partial charge is 0.415 e. The first-order chi connectivity index (χ1) is 24.2. The van der Waals surface area contributed by atoms with Crippen molar-refractivity contribution in [2.75, 3.05) is 25.7 Å². The molecule has 50 heavy (non-hydrogen) atoms. The number of phenolic OH excluding ortho intramolecular Hbond substituents is 1. The number of carbonyl (C=O) groups excluding carboxylic acids is 2. The van der Waals surface area contributed by atoms with Gasteiger partial charge in [-0.25, -0.2) is 9.18 Å². The maximum absolute atomic E-state index is 12.7. The molecular formula is C40H41FNO7P. The Hall–Kier alpha value is -5.08. The van der Waals surface area contributed by atoms with Crippen molar-refractivity contribution < 1.29 is 37.4 Å². The number of Topliss-reactive ketones (excluding diaryl/α,β-unsaturated/α-hetero) is 1. The molecule has 0 aliphatic carbocycles. The largest absolute Gasteiger partial charge is 0.508 e. The summed E-state index contributed by atoms with van der Waals surface area (Å²) >= 11 is 0. The molecule has 5 aromatic carbocycles. The van der Waals surface area contributed by atoms with E-state index < -0.39 is 19.7 Å². The van der Waals surface area contributed by atoms with E-state index in [1.165, 1.54) is 38.5 Å². The Morgan fingerprint density at radius 3 is 1.92 bits per heavy atom. The van der Waals surface area contributed by atoms with Gasteiger partial charge in [-0.2, -0.15) is 0 Å². The number of anilines is 1. The van der Waals surface area contributed by atoms with Crippen LogP contribution in [0, 0.1) is 5.82 Å². The van der Waals surface area contributed by atoms with Crippen LogP contribution in [0.2, 0.25) is 0 Å². The molecule has 8 nitrogen and oxygen atoms in total. The van der Waals surface area contributed by atoms with Crippen LogP contribution in [-0.4, -0.2) is 37.8 Å². The summed E-state index contributed by atoms with van der Waals surface area (Å²) in [6.07, 6.45) is 0.00303. The molecule has 1 aliphatic rings. The molecule has 0 aromatic heterocycles. The highest BCUT2D eigenvalue weighted by Crippen LogP contribution is 2.45. The van der Waals surface area contributed by atoms with Crippen LogP contribution in [0.15, 0.2) is 121 Å². The van der Waals surface area contributed by atoms with Crippen LogP contribution in [0.3, 0.4) is 0 Å². The fourth-order valence-corrected chi connectivity index (χ4v) is 6.43. The van der Waals surface area contributed by atoms with E-state index in [1.807, 2.05) is 74.5 Å². The van der Waals surface area contributed by atoms with Crippen molar-refractivity contribution >= 4 is 30.5 Å². The molecule has 0 saturated carbocycles. The Kier molecular flexibility index (Phi) is 13.2. The number of ketones is 1. The number of halogens is 1. The maximum atomic E-state index is 12.7. The van der Waals surface area contributed by atoms with Crippen molar-refractivity contribution in [3.8, 4) is 28.0 Å². The lowest BCUT2D eigenvalue weighted by Crippen LogP contribution is -2.27. The zero-order chi connectivity index (χ0) is 36.3. The number of hydrogen-bond donors (Lipinski definition) is 1. The third-order valence-corrected chi connectivity index (χ3v) is 9.89. The molecule has 0 spiro atoms. The van der Waals surface area contributed by atoms with Crippen LogP contribution in [0.4, 0.5) is 14.9 Å². The number of nitrogens with zero attached hydrogens (tertiary/aromatic N) is 1. The van der Waals surface area contributed by atoms with Crippen LogP contribution in [0.1, 0.15) is 49.2 Å². The summed E-state index contributed by atoms with van der Waals surface area (Å²) in [6, 6.07) is 35.1. The number of amides is 1. The molecule has 1 amide bonds. The van der Waals surface area contributed by atoms with E-state index in [4.69, 9.17) is 13.8 Å². The Labute approximate surface area is 292 Å². The number of rotatable bonds is 9. The van der Waals surface area contributed by atoms with Gasteiger partial charge >= 0.3 is 13.7 Å². The highest BCUT2D eigenvalue weighted by atomic mass is 31.2. The van der Waals surface area contributed by atoms with Gasteiger partial charge in [-0.15, -0.1) is 0 Å². The molecule has 6 rings (SSSR count). The van der Waals surface area contributed by atoms with Crippen molar-refractivity contribution in [1.82, 2.24) is 0 Å². The van der Waals surface area contributed by atoms with Crippen LogP contribution >= 0.6 is 7.60 Å². The van der Waals surface area contributed by atoms with Gasteiger partial charge in [-0.3, -0.25) is 14.3 Å². The third-order valence-electron chi connectivity index (χ3n) is 8.00. The predicted molar refractivity (Wildman–Crippen MR) is 196 cm³/mol. The number of cyclic esters (lactones) is 1. The second-order valence-electron chi connectivity index (χ2n) is 10.8. The minimum absolute atomic E-state index is 0.0463. The Morgan fingerprint density at radius 1 is 0.820 bits per heavy atom. The van der Waals surface area contributed by atoms with Gasteiger partial charge in [0.25, 0.3) is 0 Å². The summed E-state index contributed by atoms with van der Waals surface area (Å²) < 4.78 is 40.4. The summed E-state index contributed by atoms with van der Waals surface area (Å²) in [5.41, 5.74) is 5.56. The molecule has 1 atom stereocenters. The maximum Gasteiger partial charge on any atom is 0.415 e. The summed E-state index contributed by atoms with van der Waals surface area (Å²) in [6.45, 7) is 5.91. The zero-order valence-corrected chi connectivity index (χ0v) is 29.6. The fraction of sp³-hybridized carbons (Fsp3) is 0.200. The average molecular weight is 698 g/mol. The number of hydrogen-bond acceptors (Lipinski definition) is 7. The molecule has 10 heteroatoms. The summed E-state index contributed by atoms with van der Waals surface area (Å²) in [4.78, 5) is 25.2. The normalized spacial score (nSPS) is 13.8. The Morgan fingerprint density at radius 2 is 1.36 bits per heavy atom. The Bertz CT molecular complexity index is 1910. The van der Waals surface area contributed by atoms with E-state index in [2.05, 4.69) is 0 Å². The molecule has 5 aromatic rings. The van der Waals surface area contributed by atoms with E-state index in [0.29, 0.717) is 28.5 Å².